The second-order valence-corrected chi connectivity index (χ2v) is 7.46. The number of likely N-dealkylation sites (tertiary alicyclic amines) is 1. The van der Waals surface area contributed by atoms with E-state index in [-0.39, 0.29) is 0 Å². The van der Waals surface area contributed by atoms with Crippen molar-refractivity contribution in [3.8, 4) is 0 Å². The van der Waals surface area contributed by atoms with Crippen molar-refractivity contribution in [1.29, 1.82) is 0 Å². The lowest BCUT2D eigenvalue weighted by molar-refractivity contribution is 0.0858. The Kier molecular flexibility index (Phi) is 6.78. The number of piperidine rings is 1. The molecule has 0 aliphatic carbocycles. The van der Waals surface area contributed by atoms with Crippen LogP contribution in [0.2, 0.25) is 0 Å². The monoisotopic (exact) mass is 270 g/mol. The Bertz CT molecular complexity index is 250. The minimum atomic E-state index is 0.324. The standard InChI is InChI=1S/C16H34N2O/c1-6-13(2)18-10-14(7-8-19)9-15(11-18)17-12-16(3,4)5/h13-15,17,19H,6-12H2,1-5H3. The quantitative estimate of drug-likeness (QED) is 0.778. The van der Waals surface area contributed by atoms with Crippen LogP contribution in [0.5, 0.6) is 0 Å². The highest BCUT2D eigenvalue weighted by atomic mass is 16.3. The first-order valence-electron chi connectivity index (χ1n) is 7.94. The average molecular weight is 270 g/mol. The fraction of sp³-hybridized carbons (Fsp3) is 1.00. The fourth-order valence-corrected chi connectivity index (χ4v) is 2.85. The molecule has 0 aromatic rings. The molecule has 2 N–H and O–H groups in total. The van der Waals surface area contributed by atoms with E-state index < -0.39 is 0 Å². The van der Waals surface area contributed by atoms with E-state index in [1.807, 2.05) is 0 Å². The molecule has 0 saturated carbocycles. The first-order chi connectivity index (χ1) is 8.85. The topological polar surface area (TPSA) is 35.5 Å². The van der Waals surface area contributed by atoms with Gasteiger partial charge in [0.15, 0.2) is 0 Å². The van der Waals surface area contributed by atoms with Crippen LogP contribution >= 0.6 is 0 Å². The molecule has 19 heavy (non-hydrogen) atoms. The molecule has 0 aromatic carbocycles. The van der Waals surface area contributed by atoms with Gasteiger partial charge in [0.2, 0.25) is 0 Å². The molecular weight excluding hydrogens is 236 g/mol. The molecule has 0 spiro atoms. The van der Waals surface area contributed by atoms with E-state index >= 15 is 0 Å². The number of rotatable bonds is 6. The summed E-state index contributed by atoms with van der Waals surface area (Å²) in [5.41, 5.74) is 0.338. The third-order valence-corrected chi connectivity index (χ3v) is 4.24. The highest BCUT2D eigenvalue weighted by Crippen LogP contribution is 2.23. The van der Waals surface area contributed by atoms with E-state index in [0.29, 0.717) is 30.0 Å². The normalized spacial score (nSPS) is 27.5. The molecule has 1 rings (SSSR count). The van der Waals surface area contributed by atoms with Crippen LogP contribution in [0, 0.1) is 11.3 Å². The Morgan fingerprint density at radius 2 is 2.00 bits per heavy atom. The summed E-state index contributed by atoms with van der Waals surface area (Å²) in [5, 5.41) is 12.9. The van der Waals surface area contributed by atoms with Crippen molar-refractivity contribution in [3.05, 3.63) is 0 Å². The predicted octanol–water partition coefficient (Wildman–Crippen LogP) is 2.49. The molecule has 1 aliphatic heterocycles. The Labute approximate surface area is 119 Å². The lowest BCUT2D eigenvalue weighted by atomic mass is 9.89. The number of nitrogens with one attached hydrogen (secondary N) is 1. The molecule has 1 saturated heterocycles. The van der Waals surface area contributed by atoms with E-state index in [1.54, 1.807) is 0 Å². The third kappa shape index (κ3) is 6.24. The molecule has 3 unspecified atom stereocenters. The van der Waals surface area contributed by atoms with Gasteiger partial charge in [-0.05, 0) is 37.5 Å². The fourth-order valence-electron chi connectivity index (χ4n) is 2.85. The van der Waals surface area contributed by atoms with Crippen molar-refractivity contribution in [2.75, 3.05) is 26.2 Å². The number of aliphatic hydroxyl groups excluding tert-OH is 1. The molecule has 0 aromatic heterocycles. The van der Waals surface area contributed by atoms with Crippen molar-refractivity contribution in [2.45, 2.75) is 66.0 Å². The van der Waals surface area contributed by atoms with Crippen LogP contribution in [0.4, 0.5) is 0 Å². The summed E-state index contributed by atoms with van der Waals surface area (Å²) in [6.07, 6.45) is 3.36. The number of hydrogen-bond acceptors (Lipinski definition) is 3. The zero-order valence-corrected chi connectivity index (χ0v) is 13.6. The minimum absolute atomic E-state index is 0.324. The molecule has 0 bridgehead atoms. The predicted molar refractivity (Wildman–Crippen MR) is 82.4 cm³/mol. The Balaban J connectivity index is 2.54. The van der Waals surface area contributed by atoms with Gasteiger partial charge in [-0.15, -0.1) is 0 Å². The van der Waals surface area contributed by atoms with Crippen LogP contribution in [0.3, 0.4) is 0 Å². The van der Waals surface area contributed by atoms with E-state index in [1.165, 1.54) is 12.8 Å². The molecule has 1 fully saturated rings. The Hall–Kier alpha value is -0.120. The van der Waals surface area contributed by atoms with Crippen molar-refractivity contribution in [2.24, 2.45) is 11.3 Å². The molecule has 0 radical (unpaired) electrons. The number of aliphatic hydroxyl groups is 1. The van der Waals surface area contributed by atoms with Gasteiger partial charge >= 0.3 is 0 Å². The number of nitrogens with zero attached hydrogens (tertiary/aromatic N) is 1. The minimum Gasteiger partial charge on any atom is -0.396 e. The van der Waals surface area contributed by atoms with Crippen LogP contribution in [0.15, 0.2) is 0 Å². The first-order valence-corrected chi connectivity index (χ1v) is 7.94. The maximum Gasteiger partial charge on any atom is 0.0434 e. The van der Waals surface area contributed by atoms with Crippen LogP contribution in [0.25, 0.3) is 0 Å². The first kappa shape index (κ1) is 16.9. The zero-order valence-electron chi connectivity index (χ0n) is 13.6. The zero-order chi connectivity index (χ0) is 14.5. The maximum atomic E-state index is 9.21. The Morgan fingerprint density at radius 3 is 2.53 bits per heavy atom. The van der Waals surface area contributed by atoms with Crippen molar-refractivity contribution in [1.82, 2.24) is 10.2 Å². The molecule has 1 aliphatic rings. The van der Waals surface area contributed by atoms with E-state index in [0.717, 1.165) is 26.1 Å². The second-order valence-electron chi connectivity index (χ2n) is 7.46. The van der Waals surface area contributed by atoms with Gasteiger partial charge in [-0.3, -0.25) is 4.90 Å². The summed E-state index contributed by atoms with van der Waals surface area (Å²) in [6.45, 7) is 15.1. The summed E-state index contributed by atoms with van der Waals surface area (Å²) in [6, 6.07) is 1.24. The summed E-state index contributed by atoms with van der Waals surface area (Å²) >= 11 is 0. The van der Waals surface area contributed by atoms with Crippen LogP contribution in [-0.2, 0) is 0 Å². The smallest absolute Gasteiger partial charge is 0.0434 e. The van der Waals surface area contributed by atoms with Gasteiger partial charge < -0.3 is 10.4 Å². The molecule has 3 atom stereocenters. The summed E-state index contributed by atoms with van der Waals surface area (Å²) in [7, 11) is 0. The third-order valence-electron chi connectivity index (χ3n) is 4.24. The SMILES string of the molecule is CCC(C)N1CC(CCO)CC(NCC(C)(C)C)C1. The van der Waals surface area contributed by atoms with Gasteiger partial charge in [-0.25, -0.2) is 0 Å². The van der Waals surface area contributed by atoms with Gasteiger partial charge in [0.05, 0.1) is 0 Å². The Morgan fingerprint density at radius 1 is 1.32 bits per heavy atom. The van der Waals surface area contributed by atoms with Gasteiger partial charge in [-0.1, -0.05) is 27.7 Å². The highest BCUT2D eigenvalue weighted by Gasteiger charge is 2.29. The summed E-state index contributed by atoms with van der Waals surface area (Å²) in [5.74, 6) is 0.644. The van der Waals surface area contributed by atoms with E-state index in [2.05, 4.69) is 44.8 Å². The second kappa shape index (κ2) is 7.61. The van der Waals surface area contributed by atoms with Gasteiger partial charge in [-0.2, -0.15) is 0 Å². The van der Waals surface area contributed by atoms with E-state index in [9.17, 15) is 5.11 Å². The highest BCUT2D eigenvalue weighted by molar-refractivity contribution is 4.86. The molecule has 114 valence electrons. The van der Waals surface area contributed by atoms with Crippen LogP contribution in [0.1, 0.15) is 53.9 Å². The number of hydrogen-bond donors (Lipinski definition) is 2. The largest absolute Gasteiger partial charge is 0.396 e. The van der Waals surface area contributed by atoms with Gasteiger partial charge in [0.25, 0.3) is 0 Å². The summed E-state index contributed by atoms with van der Waals surface area (Å²) in [4.78, 5) is 2.60. The molecular formula is C16H34N2O. The lowest BCUT2D eigenvalue weighted by Crippen LogP contribution is -2.53. The molecule has 3 nitrogen and oxygen atoms in total. The van der Waals surface area contributed by atoms with Crippen molar-refractivity contribution >= 4 is 0 Å². The summed E-state index contributed by atoms with van der Waals surface area (Å²) < 4.78 is 0. The van der Waals surface area contributed by atoms with Gasteiger partial charge in [0.1, 0.15) is 0 Å². The van der Waals surface area contributed by atoms with Crippen molar-refractivity contribution in [3.63, 3.8) is 0 Å². The average Bonchev–Trinajstić information content (AvgIpc) is 2.35. The van der Waals surface area contributed by atoms with Crippen LogP contribution < -0.4 is 5.32 Å². The molecule has 3 heteroatoms. The lowest BCUT2D eigenvalue weighted by Gasteiger charge is -2.41. The molecule has 1 heterocycles. The van der Waals surface area contributed by atoms with E-state index in [4.69, 9.17) is 0 Å². The van der Waals surface area contributed by atoms with Crippen molar-refractivity contribution < 1.29 is 5.11 Å². The van der Waals surface area contributed by atoms with Gasteiger partial charge in [0, 0.05) is 38.3 Å². The van der Waals surface area contributed by atoms with Crippen LogP contribution in [-0.4, -0.2) is 48.3 Å². The molecule has 0 amide bonds. The maximum absolute atomic E-state index is 9.21.